The maximum Gasteiger partial charge on any atom is 0.0701 e. The van der Waals surface area contributed by atoms with Crippen LogP contribution in [0.5, 0.6) is 0 Å². The van der Waals surface area contributed by atoms with Gasteiger partial charge in [-0.3, -0.25) is 4.90 Å². The highest BCUT2D eigenvalue weighted by molar-refractivity contribution is 4.55. The van der Waals surface area contributed by atoms with E-state index in [1.807, 2.05) is 4.90 Å². The van der Waals surface area contributed by atoms with E-state index < -0.39 is 0 Å². The summed E-state index contributed by atoms with van der Waals surface area (Å²) in [5.74, 6) is 0. The van der Waals surface area contributed by atoms with Crippen LogP contribution in [0, 0.1) is 0 Å². The summed E-state index contributed by atoms with van der Waals surface area (Å²) < 4.78 is 15.7. The van der Waals surface area contributed by atoms with Crippen molar-refractivity contribution in [3.8, 4) is 0 Å². The number of ether oxygens (including phenoxy) is 3. The molecule has 0 saturated carbocycles. The number of rotatable bonds is 15. The third-order valence-electron chi connectivity index (χ3n) is 2.36. The zero-order valence-corrected chi connectivity index (χ0v) is 11.5. The monoisotopic (exact) mass is 281 g/mol. The third kappa shape index (κ3) is 13.9. The van der Waals surface area contributed by atoms with Crippen molar-refractivity contribution in [3.05, 3.63) is 0 Å². The van der Waals surface area contributed by atoms with E-state index in [-0.39, 0.29) is 19.8 Å². The molecular formula is C12H27NO6. The first-order valence-corrected chi connectivity index (χ1v) is 6.63. The van der Waals surface area contributed by atoms with Crippen LogP contribution >= 0.6 is 0 Å². The Morgan fingerprint density at radius 2 is 1.00 bits per heavy atom. The van der Waals surface area contributed by atoms with Crippen molar-refractivity contribution in [2.75, 3.05) is 79.1 Å². The topological polar surface area (TPSA) is 91.6 Å². The summed E-state index contributed by atoms with van der Waals surface area (Å²) in [7, 11) is 0. The number of aliphatic hydroxyl groups is 3. The first-order chi connectivity index (χ1) is 9.35. The standard InChI is InChI=1S/C12H27NO6/c14-4-1-13(2-5-15)3-7-17-9-11-19-12-10-18-8-6-16/h14-16H,1-12H2. The third-order valence-corrected chi connectivity index (χ3v) is 2.36. The van der Waals surface area contributed by atoms with Crippen molar-refractivity contribution in [2.24, 2.45) is 0 Å². The van der Waals surface area contributed by atoms with E-state index in [1.54, 1.807) is 0 Å². The van der Waals surface area contributed by atoms with Crippen LogP contribution in [0.2, 0.25) is 0 Å². The highest BCUT2D eigenvalue weighted by atomic mass is 16.5. The molecule has 0 spiro atoms. The van der Waals surface area contributed by atoms with Gasteiger partial charge < -0.3 is 29.5 Å². The molecule has 0 aliphatic rings. The van der Waals surface area contributed by atoms with Crippen LogP contribution in [0.15, 0.2) is 0 Å². The predicted octanol–water partition coefficient (Wildman–Crippen LogP) is -1.68. The number of hydrogen-bond acceptors (Lipinski definition) is 7. The van der Waals surface area contributed by atoms with Gasteiger partial charge in [-0.15, -0.1) is 0 Å². The van der Waals surface area contributed by atoms with Crippen LogP contribution < -0.4 is 0 Å². The SMILES string of the molecule is OCCOCCOCCOCCN(CCO)CCO. The Balaban J connectivity index is 3.20. The molecule has 0 heterocycles. The highest BCUT2D eigenvalue weighted by Crippen LogP contribution is 1.88. The Bertz CT molecular complexity index is 166. The van der Waals surface area contributed by atoms with E-state index in [4.69, 9.17) is 29.5 Å². The van der Waals surface area contributed by atoms with E-state index in [0.29, 0.717) is 59.3 Å². The summed E-state index contributed by atoms with van der Waals surface area (Å²) in [6.07, 6.45) is 0. The number of nitrogens with zero attached hydrogens (tertiary/aromatic N) is 1. The van der Waals surface area contributed by atoms with Crippen LogP contribution in [-0.2, 0) is 14.2 Å². The molecule has 19 heavy (non-hydrogen) atoms. The second-order valence-corrected chi connectivity index (χ2v) is 3.85. The second kappa shape index (κ2) is 15.8. The zero-order chi connectivity index (χ0) is 14.2. The van der Waals surface area contributed by atoms with E-state index in [0.717, 1.165) is 0 Å². The number of aliphatic hydroxyl groups excluding tert-OH is 3. The molecule has 0 unspecified atom stereocenters. The normalized spacial score (nSPS) is 11.4. The maximum atomic E-state index is 8.81. The molecule has 0 rings (SSSR count). The van der Waals surface area contributed by atoms with Crippen LogP contribution in [0.25, 0.3) is 0 Å². The minimum atomic E-state index is 0.0291. The summed E-state index contributed by atoms with van der Waals surface area (Å²) in [4.78, 5) is 1.93. The smallest absolute Gasteiger partial charge is 0.0701 e. The van der Waals surface area contributed by atoms with E-state index in [1.165, 1.54) is 0 Å². The van der Waals surface area contributed by atoms with Gasteiger partial charge in [0.1, 0.15) is 0 Å². The van der Waals surface area contributed by atoms with Crippen LogP contribution in [-0.4, -0.2) is 99.3 Å². The minimum Gasteiger partial charge on any atom is -0.395 e. The zero-order valence-electron chi connectivity index (χ0n) is 11.5. The van der Waals surface area contributed by atoms with Crippen molar-refractivity contribution >= 4 is 0 Å². The van der Waals surface area contributed by atoms with Crippen LogP contribution in [0.4, 0.5) is 0 Å². The lowest BCUT2D eigenvalue weighted by atomic mass is 10.4. The average molecular weight is 281 g/mol. The van der Waals surface area contributed by atoms with E-state index in [9.17, 15) is 0 Å². The quantitative estimate of drug-likeness (QED) is 0.309. The lowest BCUT2D eigenvalue weighted by molar-refractivity contribution is 0.00355. The maximum absolute atomic E-state index is 8.81. The summed E-state index contributed by atoms with van der Waals surface area (Å²) in [6.45, 7) is 4.82. The molecule has 0 fully saturated rings. The molecule has 7 nitrogen and oxygen atoms in total. The lowest BCUT2D eigenvalue weighted by Crippen LogP contribution is -2.33. The van der Waals surface area contributed by atoms with Crippen molar-refractivity contribution in [3.63, 3.8) is 0 Å². The Kier molecular flexibility index (Phi) is 15.5. The van der Waals surface area contributed by atoms with Gasteiger partial charge in [0.25, 0.3) is 0 Å². The van der Waals surface area contributed by atoms with Gasteiger partial charge in [-0.1, -0.05) is 0 Å². The van der Waals surface area contributed by atoms with Gasteiger partial charge in [0.05, 0.1) is 59.5 Å². The molecule has 0 aromatic heterocycles. The Labute approximate surface area is 114 Å². The van der Waals surface area contributed by atoms with E-state index in [2.05, 4.69) is 0 Å². The van der Waals surface area contributed by atoms with Crippen molar-refractivity contribution < 1.29 is 29.5 Å². The molecule has 0 bridgehead atoms. The number of hydrogen-bond donors (Lipinski definition) is 3. The van der Waals surface area contributed by atoms with Gasteiger partial charge in [-0.25, -0.2) is 0 Å². The van der Waals surface area contributed by atoms with Gasteiger partial charge in [0.15, 0.2) is 0 Å². The van der Waals surface area contributed by atoms with Crippen molar-refractivity contribution in [1.29, 1.82) is 0 Å². The lowest BCUT2D eigenvalue weighted by Gasteiger charge is -2.19. The molecule has 0 saturated heterocycles. The molecule has 0 radical (unpaired) electrons. The minimum absolute atomic E-state index is 0.0291. The Morgan fingerprint density at radius 1 is 0.526 bits per heavy atom. The van der Waals surface area contributed by atoms with Gasteiger partial charge >= 0.3 is 0 Å². The summed E-state index contributed by atoms with van der Waals surface area (Å²) in [6, 6.07) is 0. The summed E-state index contributed by atoms with van der Waals surface area (Å²) in [5, 5.41) is 26.1. The van der Waals surface area contributed by atoms with Gasteiger partial charge in [0, 0.05) is 19.6 Å². The first kappa shape index (κ1) is 18.7. The predicted molar refractivity (Wildman–Crippen MR) is 70.2 cm³/mol. The molecular weight excluding hydrogens is 254 g/mol. The van der Waals surface area contributed by atoms with Crippen LogP contribution in [0.1, 0.15) is 0 Å². The molecule has 0 atom stereocenters. The molecule has 0 aromatic carbocycles. The summed E-state index contributed by atoms with van der Waals surface area (Å²) in [5.41, 5.74) is 0. The van der Waals surface area contributed by atoms with Crippen molar-refractivity contribution in [2.45, 2.75) is 0 Å². The fourth-order valence-electron chi connectivity index (χ4n) is 1.42. The average Bonchev–Trinajstić information content (AvgIpc) is 2.41. The Hall–Kier alpha value is -0.280. The largest absolute Gasteiger partial charge is 0.395 e. The molecule has 0 aromatic rings. The first-order valence-electron chi connectivity index (χ1n) is 6.63. The molecule has 0 aliphatic heterocycles. The van der Waals surface area contributed by atoms with Crippen LogP contribution in [0.3, 0.4) is 0 Å². The molecule has 0 amide bonds. The van der Waals surface area contributed by atoms with Crippen molar-refractivity contribution in [1.82, 2.24) is 4.90 Å². The summed E-state index contributed by atoms with van der Waals surface area (Å²) >= 11 is 0. The van der Waals surface area contributed by atoms with Gasteiger partial charge in [-0.05, 0) is 0 Å². The highest BCUT2D eigenvalue weighted by Gasteiger charge is 2.02. The Morgan fingerprint density at radius 3 is 1.47 bits per heavy atom. The molecule has 116 valence electrons. The van der Waals surface area contributed by atoms with E-state index >= 15 is 0 Å². The fourth-order valence-corrected chi connectivity index (χ4v) is 1.42. The fraction of sp³-hybridized carbons (Fsp3) is 1.00. The second-order valence-electron chi connectivity index (χ2n) is 3.85. The molecule has 3 N–H and O–H groups in total. The van der Waals surface area contributed by atoms with Gasteiger partial charge in [-0.2, -0.15) is 0 Å². The molecule has 0 aliphatic carbocycles. The molecule has 7 heteroatoms. The van der Waals surface area contributed by atoms with Gasteiger partial charge in [0.2, 0.25) is 0 Å².